The van der Waals surface area contributed by atoms with Crippen molar-refractivity contribution in [1.82, 2.24) is 14.8 Å². The fourth-order valence-corrected chi connectivity index (χ4v) is 1.43. The van der Waals surface area contributed by atoms with Gasteiger partial charge in [-0.25, -0.2) is 4.98 Å². The molecule has 0 amide bonds. The molecule has 0 saturated carbocycles. The topological polar surface area (TPSA) is 92.5 Å². The first-order chi connectivity index (χ1) is 8.29. The first kappa shape index (κ1) is 11.0. The summed E-state index contributed by atoms with van der Waals surface area (Å²) in [6.45, 7) is 1.30. The molecule has 0 aromatic carbocycles. The Bertz CT molecular complexity index is 539. The van der Waals surface area contributed by atoms with Crippen LogP contribution in [0, 0.1) is 11.3 Å². The molecule has 0 saturated heterocycles. The van der Waals surface area contributed by atoms with Crippen molar-refractivity contribution in [1.29, 1.82) is 5.26 Å². The number of anilines is 2. The number of nitrogens with one attached hydrogen (secondary N) is 1. The van der Waals surface area contributed by atoms with Gasteiger partial charge in [-0.3, -0.25) is 4.68 Å². The van der Waals surface area contributed by atoms with Gasteiger partial charge in [0.05, 0.1) is 24.0 Å². The number of hydrogen-bond acceptors (Lipinski definition) is 5. The highest BCUT2D eigenvalue weighted by Crippen LogP contribution is 2.09. The molecule has 2 rings (SSSR count). The maximum absolute atomic E-state index is 8.87. The zero-order valence-corrected chi connectivity index (χ0v) is 9.17. The molecule has 0 spiro atoms. The van der Waals surface area contributed by atoms with Gasteiger partial charge in [0.15, 0.2) is 0 Å². The van der Waals surface area contributed by atoms with Crippen LogP contribution in [0.4, 0.5) is 11.5 Å². The van der Waals surface area contributed by atoms with E-state index in [4.69, 9.17) is 11.0 Å². The normalized spacial score (nSPS) is 9.82. The Hall–Kier alpha value is -2.55. The summed E-state index contributed by atoms with van der Waals surface area (Å²) < 4.78 is 1.73. The molecule has 86 valence electrons. The quantitative estimate of drug-likeness (QED) is 0.809. The van der Waals surface area contributed by atoms with E-state index in [-0.39, 0.29) is 0 Å². The van der Waals surface area contributed by atoms with Crippen molar-refractivity contribution >= 4 is 11.5 Å². The van der Waals surface area contributed by atoms with Gasteiger partial charge in [-0.05, 0) is 12.1 Å². The van der Waals surface area contributed by atoms with Crippen LogP contribution in [0.3, 0.4) is 0 Å². The molecule has 0 fully saturated rings. The molecule has 0 radical (unpaired) electrons. The maximum atomic E-state index is 8.87. The standard InChI is InChI=1S/C11H12N6/c12-6-9-2-1-3-14-11(9)15-4-5-17-8-10(13)7-16-17/h1-3,7-8H,4-5,13H2,(H,14,15). The molecule has 0 aliphatic heterocycles. The second-order valence-corrected chi connectivity index (χ2v) is 3.47. The highest BCUT2D eigenvalue weighted by Gasteiger charge is 2.01. The van der Waals surface area contributed by atoms with Gasteiger partial charge in [0.2, 0.25) is 0 Å². The fourth-order valence-electron chi connectivity index (χ4n) is 1.43. The number of aromatic nitrogens is 3. The van der Waals surface area contributed by atoms with Gasteiger partial charge in [0.1, 0.15) is 11.9 Å². The van der Waals surface area contributed by atoms with Crippen LogP contribution in [0.2, 0.25) is 0 Å². The number of pyridine rings is 1. The van der Waals surface area contributed by atoms with Crippen LogP contribution in [0.1, 0.15) is 5.56 Å². The number of nitrogens with two attached hydrogens (primary N) is 1. The Morgan fingerprint density at radius 1 is 1.53 bits per heavy atom. The third-order valence-corrected chi connectivity index (χ3v) is 2.21. The number of hydrogen-bond donors (Lipinski definition) is 2. The van der Waals surface area contributed by atoms with Crippen molar-refractivity contribution in [2.45, 2.75) is 6.54 Å². The molecule has 0 atom stereocenters. The highest BCUT2D eigenvalue weighted by molar-refractivity contribution is 5.51. The van der Waals surface area contributed by atoms with Crippen LogP contribution in [0.5, 0.6) is 0 Å². The second kappa shape index (κ2) is 4.99. The van der Waals surface area contributed by atoms with Gasteiger partial charge < -0.3 is 11.1 Å². The number of rotatable bonds is 4. The van der Waals surface area contributed by atoms with Crippen molar-refractivity contribution < 1.29 is 0 Å². The van der Waals surface area contributed by atoms with Gasteiger partial charge in [0, 0.05) is 18.9 Å². The highest BCUT2D eigenvalue weighted by atomic mass is 15.3. The Morgan fingerprint density at radius 2 is 2.41 bits per heavy atom. The molecule has 17 heavy (non-hydrogen) atoms. The third-order valence-electron chi connectivity index (χ3n) is 2.21. The van der Waals surface area contributed by atoms with Crippen LogP contribution in [-0.4, -0.2) is 21.3 Å². The van der Waals surface area contributed by atoms with E-state index in [1.807, 2.05) is 0 Å². The van der Waals surface area contributed by atoms with Crippen LogP contribution in [0.25, 0.3) is 0 Å². The zero-order valence-electron chi connectivity index (χ0n) is 9.17. The number of nitriles is 1. The lowest BCUT2D eigenvalue weighted by molar-refractivity contribution is 0.637. The van der Waals surface area contributed by atoms with E-state index < -0.39 is 0 Å². The maximum Gasteiger partial charge on any atom is 0.143 e. The molecule has 0 bridgehead atoms. The van der Waals surface area contributed by atoms with Crippen LogP contribution in [0.15, 0.2) is 30.7 Å². The van der Waals surface area contributed by atoms with E-state index >= 15 is 0 Å². The van der Waals surface area contributed by atoms with E-state index in [1.54, 1.807) is 35.4 Å². The van der Waals surface area contributed by atoms with Crippen molar-refractivity contribution in [3.8, 4) is 6.07 Å². The smallest absolute Gasteiger partial charge is 0.143 e. The average Bonchev–Trinajstić information content (AvgIpc) is 2.76. The molecule has 0 aliphatic rings. The van der Waals surface area contributed by atoms with E-state index in [0.717, 1.165) is 0 Å². The lowest BCUT2D eigenvalue weighted by Gasteiger charge is -2.06. The minimum atomic E-state index is 0.535. The van der Waals surface area contributed by atoms with E-state index in [9.17, 15) is 0 Å². The van der Waals surface area contributed by atoms with Gasteiger partial charge in [-0.15, -0.1) is 0 Å². The van der Waals surface area contributed by atoms with Gasteiger partial charge in [-0.2, -0.15) is 10.4 Å². The molecule has 0 aliphatic carbocycles. The Balaban J connectivity index is 1.92. The van der Waals surface area contributed by atoms with Crippen molar-refractivity contribution in [3.05, 3.63) is 36.3 Å². The molecule has 2 aromatic heterocycles. The van der Waals surface area contributed by atoms with Gasteiger partial charge in [-0.1, -0.05) is 0 Å². The summed E-state index contributed by atoms with van der Waals surface area (Å²) in [6, 6.07) is 5.54. The van der Waals surface area contributed by atoms with Crippen LogP contribution in [-0.2, 0) is 6.54 Å². The predicted molar refractivity (Wildman–Crippen MR) is 64.1 cm³/mol. The summed E-state index contributed by atoms with van der Waals surface area (Å²) in [6.07, 6.45) is 5.00. The molecule has 6 nitrogen and oxygen atoms in total. The Labute approximate surface area is 98.7 Å². The van der Waals surface area contributed by atoms with Gasteiger partial charge >= 0.3 is 0 Å². The first-order valence-corrected chi connectivity index (χ1v) is 5.16. The minimum absolute atomic E-state index is 0.535. The lowest BCUT2D eigenvalue weighted by atomic mass is 10.3. The lowest BCUT2D eigenvalue weighted by Crippen LogP contribution is -2.12. The third kappa shape index (κ3) is 2.72. The summed E-state index contributed by atoms with van der Waals surface area (Å²) in [7, 11) is 0. The van der Waals surface area contributed by atoms with Crippen molar-refractivity contribution in [3.63, 3.8) is 0 Å². The summed E-state index contributed by atoms with van der Waals surface area (Å²) in [5, 5.41) is 16.0. The van der Waals surface area contributed by atoms with Gasteiger partial charge in [0.25, 0.3) is 0 Å². The Morgan fingerprint density at radius 3 is 3.12 bits per heavy atom. The average molecular weight is 228 g/mol. The van der Waals surface area contributed by atoms with Crippen molar-refractivity contribution in [2.75, 3.05) is 17.6 Å². The number of nitrogen functional groups attached to an aromatic ring is 1. The monoisotopic (exact) mass is 228 g/mol. The first-order valence-electron chi connectivity index (χ1n) is 5.16. The number of nitrogens with zero attached hydrogens (tertiary/aromatic N) is 4. The molecule has 3 N–H and O–H groups in total. The molecule has 0 unspecified atom stereocenters. The summed E-state index contributed by atoms with van der Waals surface area (Å²) in [5.41, 5.74) is 6.72. The van der Waals surface area contributed by atoms with E-state index in [2.05, 4.69) is 21.5 Å². The summed E-state index contributed by atoms with van der Waals surface area (Å²) in [5.74, 6) is 0.593. The summed E-state index contributed by atoms with van der Waals surface area (Å²) >= 11 is 0. The fraction of sp³-hybridized carbons (Fsp3) is 0.182. The minimum Gasteiger partial charge on any atom is -0.396 e. The molecule has 2 heterocycles. The van der Waals surface area contributed by atoms with Crippen LogP contribution < -0.4 is 11.1 Å². The SMILES string of the molecule is N#Cc1cccnc1NCCn1cc(N)cn1. The van der Waals surface area contributed by atoms with Crippen molar-refractivity contribution in [2.24, 2.45) is 0 Å². The second-order valence-electron chi connectivity index (χ2n) is 3.47. The van der Waals surface area contributed by atoms with Crippen LogP contribution >= 0.6 is 0 Å². The molecule has 2 aromatic rings. The van der Waals surface area contributed by atoms with E-state index in [1.165, 1.54) is 0 Å². The predicted octanol–water partition coefficient (Wildman–Crippen LogP) is 0.844. The largest absolute Gasteiger partial charge is 0.396 e. The Kier molecular flexibility index (Phi) is 3.21. The molecular formula is C11H12N6. The van der Waals surface area contributed by atoms with E-state index in [0.29, 0.717) is 30.2 Å². The molecule has 6 heteroatoms. The zero-order chi connectivity index (χ0) is 12.1. The summed E-state index contributed by atoms with van der Waals surface area (Å²) in [4.78, 5) is 4.10. The molecular weight excluding hydrogens is 216 g/mol.